The van der Waals surface area contributed by atoms with Crippen molar-refractivity contribution in [2.24, 2.45) is 0 Å². The van der Waals surface area contributed by atoms with Gasteiger partial charge in [0.1, 0.15) is 11.8 Å². The Balaban J connectivity index is 1.71. The second kappa shape index (κ2) is 9.79. The molecule has 0 spiro atoms. The summed E-state index contributed by atoms with van der Waals surface area (Å²) in [5.74, 6) is -0.761. The van der Waals surface area contributed by atoms with Crippen molar-refractivity contribution in [3.05, 3.63) is 82.6 Å². The van der Waals surface area contributed by atoms with Gasteiger partial charge < -0.3 is 15.4 Å². The van der Waals surface area contributed by atoms with E-state index in [0.717, 1.165) is 5.56 Å². The number of thiophene rings is 1. The predicted octanol–water partition coefficient (Wildman–Crippen LogP) is 4.33. The Morgan fingerprint density at radius 3 is 2.31 bits per heavy atom. The van der Waals surface area contributed by atoms with Crippen LogP contribution in [-0.4, -0.2) is 24.5 Å². The lowest BCUT2D eigenvalue weighted by Gasteiger charge is -2.18. The maximum absolute atomic E-state index is 12.8. The van der Waals surface area contributed by atoms with Crippen LogP contribution in [0.5, 0.6) is 5.75 Å². The number of amides is 2. The van der Waals surface area contributed by atoms with E-state index in [1.807, 2.05) is 30.3 Å². The highest BCUT2D eigenvalue weighted by molar-refractivity contribution is 7.12. The molecule has 0 radical (unpaired) electrons. The molecule has 2 N–H and O–H groups in total. The van der Waals surface area contributed by atoms with Crippen LogP contribution < -0.4 is 15.4 Å². The molecule has 0 aliphatic heterocycles. The van der Waals surface area contributed by atoms with Crippen molar-refractivity contribution in [3.63, 3.8) is 0 Å². The van der Waals surface area contributed by atoms with Crippen LogP contribution in [0.15, 0.2) is 72.1 Å². The van der Waals surface area contributed by atoms with Crippen LogP contribution in [0, 0.1) is 0 Å². The summed E-state index contributed by atoms with van der Waals surface area (Å²) in [5.41, 5.74) is 1.29. The first kappa shape index (κ1) is 20.5. The highest BCUT2D eigenvalue weighted by atomic mass is 32.1. The minimum absolute atomic E-state index is 0.00941. The van der Waals surface area contributed by atoms with Gasteiger partial charge in [-0.25, -0.2) is 0 Å². The van der Waals surface area contributed by atoms with E-state index in [0.29, 0.717) is 17.0 Å². The Morgan fingerprint density at radius 2 is 1.69 bits per heavy atom. The van der Waals surface area contributed by atoms with Gasteiger partial charge in [-0.2, -0.15) is 8.78 Å². The number of halogens is 2. The summed E-state index contributed by atoms with van der Waals surface area (Å²) in [6.45, 7) is -2.92. The number of carbonyl (C=O) groups is 2. The van der Waals surface area contributed by atoms with E-state index in [9.17, 15) is 18.4 Å². The van der Waals surface area contributed by atoms with Crippen molar-refractivity contribution >= 4 is 28.8 Å². The minimum atomic E-state index is -2.92. The first-order chi connectivity index (χ1) is 14.0. The third-order valence-electron chi connectivity index (χ3n) is 4.00. The number of nitrogens with one attached hydrogen (secondary N) is 2. The van der Waals surface area contributed by atoms with Gasteiger partial charge in [0, 0.05) is 12.1 Å². The molecule has 0 aliphatic rings. The van der Waals surface area contributed by atoms with Crippen molar-refractivity contribution in [1.82, 2.24) is 5.32 Å². The zero-order valence-corrected chi connectivity index (χ0v) is 16.0. The summed E-state index contributed by atoms with van der Waals surface area (Å²) < 4.78 is 28.8. The van der Waals surface area contributed by atoms with Crippen molar-refractivity contribution in [2.75, 3.05) is 5.32 Å². The topological polar surface area (TPSA) is 67.4 Å². The van der Waals surface area contributed by atoms with Crippen LogP contribution in [-0.2, 0) is 11.2 Å². The lowest BCUT2D eigenvalue weighted by molar-refractivity contribution is -0.118. The van der Waals surface area contributed by atoms with Gasteiger partial charge in [0.15, 0.2) is 0 Å². The average molecular weight is 416 g/mol. The van der Waals surface area contributed by atoms with E-state index in [1.54, 1.807) is 17.5 Å². The molecule has 5 nitrogen and oxygen atoms in total. The summed E-state index contributed by atoms with van der Waals surface area (Å²) in [6.07, 6.45) is 0.302. The summed E-state index contributed by atoms with van der Waals surface area (Å²) in [7, 11) is 0. The van der Waals surface area contributed by atoms with Crippen LogP contribution in [0.1, 0.15) is 15.2 Å². The van der Waals surface area contributed by atoms with Gasteiger partial charge in [-0.3, -0.25) is 9.59 Å². The van der Waals surface area contributed by atoms with Gasteiger partial charge in [-0.05, 0) is 41.3 Å². The van der Waals surface area contributed by atoms with Crippen molar-refractivity contribution < 1.29 is 23.1 Å². The van der Waals surface area contributed by atoms with E-state index in [4.69, 9.17) is 0 Å². The molecule has 29 heavy (non-hydrogen) atoms. The number of hydrogen-bond acceptors (Lipinski definition) is 4. The van der Waals surface area contributed by atoms with Gasteiger partial charge in [0.2, 0.25) is 5.91 Å². The second-order valence-corrected chi connectivity index (χ2v) is 7.03. The molecule has 3 rings (SSSR count). The molecule has 0 aliphatic carbocycles. The third kappa shape index (κ3) is 6.11. The fourth-order valence-corrected chi connectivity index (χ4v) is 3.27. The molecule has 2 aromatic carbocycles. The zero-order chi connectivity index (χ0) is 20.6. The Morgan fingerprint density at radius 1 is 0.966 bits per heavy atom. The molecule has 3 aromatic rings. The van der Waals surface area contributed by atoms with Crippen molar-refractivity contribution in [2.45, 2.75) is 19.1 Å². The monoisotopic (exact) mass is 416 g/mol. The number of hydrogen-bond donors (Lipinski definition) is 2. The molecule has 2 amide bonds. The lowest BCUT2D eigenvalue weighted by atomic mass is 10.0. The van der Waals surface area contributed by atoms with Gasteiger partial charge in [0.05, 0.1) is 4.88 Å². The Kier molecular flexibility index (Phi) is 6.91. The van der Waals surface area contributed by atoms with Gasteiger partial charge in [-0.15, -0.1) is 11.3 Å². The van der Waals surface area contributed by atoms with Crippen LogP contribution in [0.2, 0.25) is 0 Å². The molecule has 1 atom stereocenters. The Labute approximate surface area is 170 Å². The van der Waals surface area contributed by atoms with E-state index < -0.39 is 18.6 Å². The lowest BCUT2D eigenvalue weighted by Crippen LogP contribution is -2.45. The van der Waals surface area contributed by atoms with E-state index >= 15 is 0 Å². The first-order valence-electron chi connectivity index (χ1n) is 8.75. The number of anilines is 1. The van der Waals surface area contributed by atoms with Crippen LogP contribution >= 0.6 is 11.3 Å². The molecule has 150 valence electrons. The molecule has 0 fully saturated rings. The van der Waals surface area contributed by atoms with E-state index in [2.05, 4.69) is 15.4 Å². The molecule has 0 saturated carbocycles. The number of carbonyl (C=O) groups excluding carboxylic acids is 2. The number of benzene rings is 2. The normalized spacial score (nSPS) is 11.7. The Hall–Kier alpha value is -3.26. The SMILES string of the molecule is O=C(NC(Cc1ccccc1)C(=O)Nc1ccc(OC(F)F)cc1)c1cccs1. The molecule has 0 saturated heterocycles. The predicted molar refractivity (Wildman–Crippen MR) is 107 cm³/mol. The highest BCUT2D eigenvalue weighted by Gasteiger charge is 2.22. The van der Waals surface area contributed by atoms with Gasteiger partial charge in [-0.1, -0.05) is 36.4 Å². The second-order valence-electron chi connectivity index (χ2n) is 6.09. The first-order valence-corrected chi connectivity index (χ1v) is 9.63. The molecule has 8 heteroatoms. The highest BCUT2D eigenvalue weighted by Crippen LogP contribution is 2.18. The maximum atomic E-state index is 12.8. The molecular weight excluding hydrogens is 398 g/mol. The van der Waals surface area contributed by atoms with Crippen molar-refractivity contribution in [1.29, 1.82) is 0 Å². The largest absolute Gasteiger partial charge is 0.435 e. The number of rotatable bonds is 8. The summed E-state index contributed by atoms with van der Waals surface area (Å²) in [6, 6.07) is 17.5. The van der Waals surface area contributed by atoms with E-state index in [1.165, 1.54) is 35.6 Å². The molecule has 0 bridgehead atoms. The number of ether oxygens (including phenoxy) is 1. The summed E-state index contributed by atoms with van der Waals surface area (Å²) in [4.78, 5) is 25.8. The van der Waals surface area contributed by atoms with Crippen molar-refractivity contribution in [3.8, 4) is 5.75 Å². The summed E-state index contributed by atoms with van der Waals surface area (Å²) >= 11 is 1.28. The fourth-order valence-electron chi connectivity index (χ4n) is 2.65. The van der Waals surface area contributed by atoms with Gasteiger partial charge in [0.25, 0.3) is 5.91 Å². The molecular formula is C21H18F2N2O3S. The van der Waals surface area contributed by atoms with E-state index in [-0.39, 0.29) is 11.7 Å². The number of alkyl halides is 2. The van der Waals surface area contributed by atoms with Crippen LogP contribution in [0.3, 0.4) is 0 Å². The average Bonchev–Trinajstić information content (AvgIpc) is 3.24. The molecule has 1 heterocycles. The third-order valence-corrected chi connectivity index (χ3v) is 4.87. The molecule has 1 aromatic heterocycles. The van der Waals surface area contributed by atoms with Gasteiger partial charge >= 0.3 is 6.61 Å². The smallest absolute Gasteiger partial charge is 0.387 e. The van der Waals surface area contributed by atoms with Crippen LogP contribution in [0.25, 0.3) is 0 Å². The summed E-state index contributed by atoms with van der Waals surface area (Å²) in [5, 5.41) is 7.24. The fraction of sp³-hybridized carbons (Fsp3) is 0.143. The standard InChI is InChI=1S/C21H18F2N2O3S/c22-21(23)28-16-10-8-15(9-11-16)24-19(26)17(13-14-5-2-1-3-6-14)25-20(27)18-7-4-12-29-18/h1-12,17,21H,13H2,(H,24,26)(H,25,27). The Bertz CT molecular complexity index is 932. The minimum Gasteiger partial charge on any atom is -0.435 e. The maximum Gasteiger partial charge on any atom is 0.387 e. The zero-order valence-electron chi connectivity index (χ0n) is 15.2. The van der Waals surface area contributed by atoms with Crippen LogP contribution in [0.4, 0.5) is 14.5 Å². The molecule has 1 unspecified atom stereocenters. The quantitative estimate of drug-likeness (QED) is 0.574.